The van der Waals surface area contributed by atoms with E-state index >= 15 is 0 Å². The van der Waals surface area contributed by atoms with Crippen LogP contribution >= 0.6 is 0 Å². The average molecular weight is 272 g/mol. The van der Waals surface area contributed by atoms with Gasteiger partial charge < -0.3 is 10.2 Å². The highest BCUT2D eigenvalue weighted by molar-refractivity contribution is 6.39. The van der Waals surface area contributed by atoms with Crippen LogP contribution in [0.3, 0.4) is 0 Å². The van der Waals surface area contributed by atoms with Crippen molar-refractivity contribution in [1.29, 1.82) is 0 Å². The lowest BCUT2D eigenvalue weighted by molar-refractivity contribution is -0.142. The van der Waals surface area contributed by atoms with Gasteiger partial charge in [-0.2, -0.15) is 0 Å². The molecule has 106 valence electrons. The van der Waals surface area contributed by atoms with Crippen LogP contribution in [0.15, 0.2) is 49.6 Å². The molecule has 4 nitrogen and oxygen atoms in total. The van der Waals surface area contributed by atoms with Gasteiger partial charge in [-0.15, -0.1) is 13.2 Å². The summed E-state index contributed by atoms with van der Waals surface area (Å²) in [6.07, 6.45) is 3.94. The topological polar surface area (TPSA) is 49.4 Å². The molecular formula is C16H20N2O2. The predicted octanol–water partition coefficient (Wildman–Crippen LogP) is 2.39. The molecule has 0 saturated carbocycles. The first kappa shape index (κ1) is 15.7. The second-order valence-electron chi connectivity index (χ2n) is 4.25. The Hall–Kier alpha value is -2.36. The Kier molecular flexibility index (Phi) is 6.23. The zero-order valence-electron chi connectivity index (χ0n) is 11.8. The maximum Gasteiger partial charge on any atom is 0.313 e. The number of nitrogens with one attached hydrogen (secondary N) is 1. The van der Waals surface area contributed by atoms with Crippen LogP contribution in [0.5, 0.6) is 0 Å². The Bertz CT molecular complexity index is 499. The van der Waals surface area contributed by atoms with Crippen LogP contribution in [0.4, 0.5) is 5.69 Å². The van der Waals surface area contributed by atoms with Crippen molar-refractivity contribution in [1.82, 2.24) is 4.90 Å². The molecular weight excluding hydrogens is 252 g/mol. The highest BCUT2D eigenvalue weighted by atomic mass is 16.2. The molecule has 0 aromatic heterocycles. The molecule has 4 heteroatoms. The van der Waals surface area contributed by atoms with Gasteiger partial charge in [0.1, 0.15) is 0 Å². The maximum atomic E-state index is 12.0. The number of carbonyl (C=O) groups is 2. The second-order valence-corrected chi connectivity index (χ2v) is 4.25. The fourth-order valence-corrected chi connectivity index (χ4v) is 1.82. The summed E-state index contributed by atoms with van der Waals surface area (Å²) >= 11 is 0. The van der Waals surface area contributed by atoms with Gasteiger partial charge in [0.05, 0.1) is 0 Å². The van der Waals surface area contributed by atoms with Crippen molar-refractivity contribution in [2.45, 2.75) is 13.3 Å². The first-order chi connectivity index (χ1) is 9.63. The summed E-state index contributed by atoms with van der Waals surface area (Å²) in [5.41, 5.74) is 1.66. The molecule has 0 saturated heterocycles. The Balaban J connectivity index is 2.81. The van der Waals surface area contributed by atoms with Crippen molar-refractivity contribution in [3.63, 3.8) is 0 Å². The molecule has 1 N–H and O–H groups in total. The van der Waals surface area contributed by atoms with Crippen LogP contribution in [-0.2, 0) is 16.0 Å². The smallest absolute Gasteiger partial charge is 0.313 e. The van der Waals surface area contributed by atoms with E-state index < -0.39 is 11.8 Å². The Labute approximate surface area is 119 Å². The third-order valence-electron chi connectivity index (χ3n) is 2.83. The predicted molar refractivity (Wildman–Crippen MR) is 81.4 cm³/mol. The fraction of sp³-hybridized carbons (Fsp3) is 0.250. The van der Waals surface area contributed by atoms with E-state index in [1.165, 1.54) is 4.90 Å². The van der Waals surface area contributed by atoms with Crippen LogP contribution in [0.25, 0.3) is 0 Å². The minimum Gasteiger partial charge on any atom is -0.327 e. The quantitative estimate of drug-likeness (QED) is 0.638. The van der Waals surface area contributed by atoms with E-state index in [-0.39, 0.29) is 0 Å². The van der Waals surface area contributed by atoms with Crippen molar-refractivity contribution >= 4 is 17.5 Å². The lowest BCUT2D eigenvalue weighted by atomic mass is 10.1. The zero-order chi connectivity index (χ0) is 15.0. The van der Waals surface area contributed by atoms with Crippen LogP contribution in [-0.4, -0.2) is 29.8 Å². The van der Waals surface area contributed by atoms with E-state index in [0.717, 1.165) is 12.0 Å². The molecule has 0 spiro atoms. The van der Waals surface area contributed by atoms with Crippen LogP contribution in [0.2, 0.25) is 0 Å². The number of anilines is 1. The zero-order valence-corrected chi connectivity index (χ0v) is 11.8. The number of hydrogen-bond acceptors (Lipinski definition) is 2. The maximum absolute atomic E-state index is 12.0. The molecule has 0 heterocycles. The van der Waals surface area contributed by atoms with Crippen LogP contribution in [0, 0.1) is 0 Å². The SMILES string of the molecule is C=CCN(CC=C)C(=O)C(=O)Nc1ccccc1CC. The van der Waals surface area contributed by atoms with Gasteiger partial charge >= 0.3 is 11.8 Å². The molecule has 0 fully saturated rings. The van der Waals surface area contributed by atoms with E-state index in [4.69, 9.17) is 0 Å². The van der Waals surface area contributed by atoms with Crippen molar-refractivity contribution in [3.05, 3.63) is 55.1 Å². The van der Waals surface area contributed by atoms with Gasteiger partial charge in [-0.05, 0) is 18.1 Å². The van der Waals surface area contributed by atoms with E-state index in [9.17, 15) is 9.59 Å². The molecule has 1 rings (SSSR count). The molecule has 0 aliphatic rings. The Morgan fingerprint density at radius 2 is 1.80 bits per heavy atom. The summed E-state index contributed by atoms with van der Waals surface area (Å²) in [5, 5.41) is 2.66. The molecule has 1 aromatic carbocycles. The molecule has 20 heavy (non-hydrogen) atoms. The van der Waals surface area contributed by atoms with E-state index in [1.54, 1.807) is 18.2 Å². The number of benzene rings is 1. The van der Waals surface area contributed by atoms with E-state index in [1.807, 2.05) is 25.1 Å². The van der Waals surface area contributed by atoms with Gasteiger partial charge in [-0.3, -0.25) is 9.59 Å². The number of rotatable bonds is 6. The number of amides is 2. The molecule has 0 radical (unpaired) electrons. The number of aryl methyl sites for hydroxylation is 1. The van der Waals surface area contributed by atoms with Crippen molar-refractivity contribution < 1.29 is 9.59 Å². The summed E-state index contributed by atoms with van der Waals surface area (Å²) in [6, 6.07) is 7.43. The van der Waals surface area contributed by atoms with Gasteiger partial charge in [0.2, 0.25) is 0 Å². The largest absolute Gasteiger partial charge is 0.327 e. The van der Waals surface area contributed by atoms with Gasteiger partial charge in [-0.25, -0.2) is 0 Å². The first-order valence-corrected chi connectivity index (χ1v) is 6.54. The highest BCUT2D eigenvalue weighted by Crippen LogP contribution is 2.15. The molecule has 2 amide bonds. The molecule has 0 aliphatic carbocycles. The third-order valence-corrected chi connectivity index (χ3v) is 2.83. The highest BCUT2D eigenvalue weighted by Gasteiger charge is 2.20. The molecule has 1 aromatic rings. The number of nitrogens with zero attached hydrogens (tertiary/aromatic N) is 1. The van der Waals surface area contributed by atoms with Crippen molar-refractivity contribution in [3.8, 4) is 0 Å². The van der Waals surface area contributed by atoms with Crippen molar-refractivity contribution in [2.75, 3.05) is 18.4 Å². The standard InChI is InChI=1S/C16H20N2O2/c1-4-11-18(12-5-2)16(20)15(19)17-14-10-8-7-9-13(14)6-3/h4-5,7-10H,1-2,6,11-12H2,3H3,(H,17,19). The monoisotopic (exact) mass is 272 g/mol. The lowest BCUT2D eigenvalue weighted by Crippen LogP contribution is -2.40. The normalized spacial score (nSPS) is 9.65. The fourth-order valence-electron chi connectivity index (χ4n) is 1.82. The summed E-state index contributed by atoms with van der Waals surface area (Å²) in [6.45, 7) is 9.77. The average Bonchev–Trinajstić information content (AvgIpc) is 2.46. The van der Waals surface area contributed by atoms with E-state index in [2.05, 4.69) is 18.5 Å². The summed E-state index contributed by atoms with van der Waals surface area (Å²) < 4.78 is 0. The summed E-state index contributed by atoms with van der Waals surface area (Å²) in [4.78, 5) is 25.4. The molecule has 0 atom stereocenters. The van der Waals surface area contributed by atoms with Gasteiger partial charge in [0.25, 0.3) is 0 Å². The Morgan fingerprint density at radius 3 is 2.35 bits per heavy atom. The molecule has 0 aliphatic heterocycles. The molecule has 0 bridgehead atoms. The minimum atomic E-state index is -0.644. The summed E-state index contributed by atoms with van der Waals surface area (Å²) in [7, 11) is 0. The first-order valence-electron chi connectivity index (χ1n) is 6.54. The number of para-hydroxylation sites is 1. The van der Waals surface area contributed by atoms with Crippen molar-refractivity contribution in [2.24, 2.45) is 0 Å². The van der Waals surface area contributed by atoms with Gasteiger partial charge in [0.15, 0.2) is 0 Å². The van der Waals surface area contributed by atoms with Gasteiger partial charge in [0, 0.05) is 18.8 Å². The minimum absolute atomic E-state index is 0.313. The Morgan fingerprint density at radius 1 is 1.20 bits per heavy atom. The van der Waals surface area contributed by atoms with Crippen LogP contribution in [0.1, 0.15) is 12.5 Å². The number of hydrogen-bond donors (Lipinski definition) is 1. The number of carbonyl (C=O) groups excluding carboxylic acids is 2. The third kappa shape index (κ3) is 4.09. The second kappa shape index (κ2) is 7.94. The molecule has 0 unspecified atom stereocenters. The lowest BCUT2D eigenvalue weighted by Gasteiger charge is -2.19. The summed E-state index contributed by atoms with van der Waals surface area (Å²) in [5.74, 6) is -1.23. The van der Waals surface area contributed by atoms with E-state index in [0.29, 0.717) is 18.8 Å². The van der Waals surface area contributed by atoms with Crippen LogP contribution < -0.4 is 5.32 Å². The van der Waals surface area contributed by atoms with Gasteiger partial charge in [-0.1, -0.05) is 37.3 Å².